The SMILES string of the molecule is Cc1c(-c2ccncc2)nn(-c2ccccc2)c1N. The van der Waals surface area contributed by atoms with Crippen LogP contribution in [0.2, 0.25) is 0 Å². The number of rotatable bonds is 2. The van der Waals surface area contributed by atoms with Crippen LogP contribution in [-0.4, -0.2) is 14.8 Å². The van der Waals surface area contributed by atoms with Gasteiger partial charge in [-0.15, -0.1) is 0 Å². The average molecular weight is 250 g/mol. The number of pyridine rings is 1. The van der Waals surface area contributed by atoms with Crippen LogP contribution < -0.4 is 5.73 Å². The van der Waals surface area contributed by atoms with Crippen molar-refractivity contribution in [1.29, 1.82) is 0 Å². The lowest BCUT2D eigenvalue weighted by atomic mass is 10.1. The summed E-state index contributed by atoms with van der Waals surface area (Å²) in [6.07, 6.45) is 3.51. The van der Waals surface area contributed by atoms with Gasteiger partial charge in [0.1, 0.15) is 5.82 Å². The number of nitrogens with zero attached hydrogens (tertiary/aromatic N) is 3. The van der Waals surface area contributed by atoms with E-state index in [1.165, 1.54) is 0 Å². The zero-order chi connectivity index (χ0) is 13.2. The highest BCUT2D eigenvalue weighted by molar-refractivity contribution is 5.68. The molecule has 2 heterocycles. The summed E-state index contributed by atoms with van der Waals surface area (Å²) in [5.74, 6) is 0.665. The van der Waals surface area contributed by atoms with E-state index in [1.807, 2.05) is 49.4 Å². The summed E-state index contributed by atoms with van der Waals surface area (Å²) in [7, 11) is 0. The molecule has 4 nitrogen and oxygen atoms in total. The van der Waals surface area contributed by atoms with Gasteiger partial charge in [0, 0.05) is 23.5 Å². The van der Waals surface area contributed by atoms with E-state index in [-0.39, 0.29) is 0 Å². The summed E-state index contributed by atoms with van der Waals surface area (Å²) in [5, 5.41) is 4.61. The first-order valence-electron chi connectivity index (χ1n) is 6.08. The topological polar surface area (TPSA) is 56.7 Å². The van der Waals surface area contributed by atoms with Crippen molar-refractivity contribution >= 4 is 5.82 Å². The second kappa shape index (κ2) is 4.57. The second-order valence-electron chi connectivity index (χ2n) is 4.34. The van der Waals surface area contributed by atoms with Crippen LogP contribution >= 0.6 is 0 Å². The monoisotopic (exact) mass is 250 g/mol. The van der Waals surface area contributed by atoms with Crippen LogP contribution in [0.3, 0.4) is 0 Å². The first-order valence-corrected chi connectivity index (χ1v) is 6.08. The molecule has 0 aliphatic heterocycles. The summed E-state index contributed by atoms with van der Waals surface area (Å²) in [6.45, 7) is 1.98. The third-order valence-corrected chi connectivity index (χ3v) is 3.12. The van der Waals surface area contributed by atoms with Gasteiger partial charge in [-0.2, -0.15) is 5.10 Å². The van der Waals surface area contributed by atoms with Crippen LogP contribution in [0.1, 0.15) is 5.56 Å². The molecule has 3 rings (SSSR count). The molecule has 4 heteroatoms. The molecule has 3 aromatic rings. The van der Waals surface area contributed by atoms with E-state index >= 15 is 0 Å². The van der Waals surface area contributed by atoms with E-state index in [0.29, 0.717) is 5.82 Å². The van der Waals surface area contributed by atoms with Crippen LogP contribution in [0.4, 0.5) is 5.82 Å². The molecular weight excluding hydrogens is 236 g/mol. The molecule has 0 radical (unpaired) electrons. The summed E-state index contributed by atoms with van der Waals surface area (Å²) < 4.78 is 1.77. The number of hydrogen-bond donors (Lipinski definition) is 1. The molecule has 0 fully saturated rings. The van der Waals surface area contributed by atoms with E-state index < -0.39 is 0 Å². The Kier molecular flexibility index (Phi) is 2.76. The molecule has 0 aliphatic carbocycles. The highest BCUT2D eigenvalue weighted by atomic mass is 15.3. The molecule has 2 N–H and O–H groups in total. The maximum Gasteiger partial charge on any atom is 0.130 e. The summed E-state index contributed by atoms with van der Waals surface area (Å²) in [4.78, 5) is 4.02. The van der Waals surface area contributed by atoms with E-state index in [0.717, 1.165) is 22.5 Å². The molecular formula is C15H14N4. The maximum atomic E-state index is 6.16. The highest BCUT2D eigenvalue weighted by Gasteiger charge is 2.14. The predicted octanol–water partition coefficient (Wildman–Crippen LogP) is 2.82. The molecule has 0 amide bonds. The normalized spacial score (nSPS) is 10.6. The first-order chi connectivity index (χ1) is 9.27. The Labute approximate surface area is 111 Å². The molecule has 0 bridgehead atoms. The highest BCUT2D eigenvalue weighted by Crippen LogP contribution is 2.27. The number of nitrogen functional groups attached to an aromatic ring is 1. The van der Waals surface area contributed by atoms with Gasteiger partial charge in [0.25, 0.3) is 0 Å². The van der Waals surface area contributed by atoms with Gasteiger partial charge in [-0.1, -0.05) is 18.2 Å². The fraction of sp³-hybridized carbons (Fsp3) is 0.0667. The Balaban J connectivity index is 2.16. The third-order valence-electron chi connectivity index (χ3n) is 3.12. The van der Waals surface area contributed by atoms with E-state index in [4.69, 9.17) is 5.73 Å². The average Bonchev–Trinajstić information content (AvgIpc) is 2.77. The van der Waals surface area contributed by atoms with Crippen molar-refractivity contribution in [2.45, 2.75) is 6.92 Å². The Hall–Kier alpha value is -2.62. The van der Waals surface area contributed by atoms with Crippen LogP contribution in [0, 0.1) is 6.92 Å². The maximum absolute atomic E-state index is 6.16. The summed E-state index contributed by atoms with van der Waals surface area (Å²) >= 11 is 0. The molecule has 0 saturated carbocycles. The van der Waals surface area contributed by atoms with Crippen molar-refractivity contribution in [2.75, 3.05) is 5.73 Å². The van der Waals surface area contributed by atoms with Crippen LogP contribution in [-0.2, 0) is 0 Å². The summed E-state index contributed by atoms with van der Waals surface area (Å²) in [5.41, 5.74) is 10.0. The van der Waals surface area contributed by atoms with Crippen molar-refractivity contribution in [3.63, 3.8) is 0 Å². The number of hydrogen-bond acceptors (Lipinski definition) is 3. The van der Waals surface area contributed by atoms with E-state index in [2.05, 4.69) is 10.1 Å². The number of nitrogens with two attached hydrogens (primary N) is 1. The van der Waals surface area contributed by atoms with Crippen molar-refractivity contribution in [3.8, 4) is 16.9 Å². The van der Waals surface area contributed by atoms with Gasteiger partial charge in [-0.25, -0.2) is 4.68 Å². The zero-order valence-electron chi connectivity index (χ0n) is 10.6. The predicted molar refractivity (Wildman–Crippen MR) is 75.9 cm³/mol. The van der Waals surface area contributed by atoms with Gasteiger partial charge in [0.05, 0.1) is 11.4 Å². The van der Waals surface area contributed by atoms with Crippen LogP contribution in [0.25, 0.3) is 16.9 Å². The minimum absolute atomic E-state index is 0.665. The molecule has 0 aliphatic rings. The largest absolute Gasteiger partial charge is 0.383 e. The minimum Gasteiger partial charge on any atom is -0.383 e. The van der Waals surface area contributed by atoms with Crippen molar-refractivity contribution < 1.29 is 0 Å². The van der Waals surface area contributed by atoms with Gasteiger partial charge in [-0.3, -0.25) is 4.98 Å². The lowest BCUT2D eigenvalue weighted by Crippen LogP contribution is -2.01. The van der Waals surface area contributed by atoms with Crippen molar-refractivity contribution in [3.05, 3.63) is 60.4 Å². The first kappa shape index (κ1) is 11.5. The lowest BCUT2D eigenvalue weighted by molar-refractivity contribution is 0.895. The van der Waals surface area contributed by atoms with Gasteiger partial charge in [0.15, 0.2) is 0 Å². The molecule has 94 valence electrons. The number of anilines is 1. The van der Waals surface area contributed by atoms with Crippen molar-refractivity contribution in [1.82, 2.24) is 14.8 Å². The molecule has 1 aromatic carbocycles. The van der Waals surface area contributed by atoms with E-state index in [9.17, 15) is 0 Å². The van der Waals surface area contributed by atoms with Crippen LogP contribution in [0.5, 0.6) is 0 Å². The molecule has 0 atom stereocenters. The number of benzene rings is 1. The van der Waals surface area contributed by atoms with Gasteiger partial charge >= 0.3 is 0 Å². The van der Waals surface area contributed by atoms with Crippen molar-refractivity contribution in [2.24, 2.45) is 0 Å². The van der Waals surface area contributed by atoms with Gasteiger partial charge in [0.2, 0.25) is 0 Å². The molecule has 0 saturated heterocycles. The Morgan fingerprint density at radius 2 is 1.68 bits per heavy atom. The molecule has 2 aromatic heterocycles. The third kappa shape index (κ3) is 1.97. The smallest absolute Gasteiger partial charge is 0.130 e. The fourth-order valence-electron chi connectivity index (χ4n) is 2.06. The zero-order valence-corrected chi connectivity index (χ0v) is 10.6. The Morgan fingerprint density at radius 3 is 2.37 bits per heavy atom. The van der Waals surface area contributed by atoms with Gasteiger partial charge in [-0.05, 0) is 31.2 Å². The van der Waals surface area contributed by atoms with E-state index in [1.54, 1.807) is 17.1 Å². The number of para-hydroxylation sites is 1. The molecule has 0 spiro atoms. The summed E-state index contributed by atoms with van der Waals surface area (Å²) in [6, 6.07) is 13.8. The fourth-order valence-corrected chi connectivity index (χ4v) is 2.06. The van der Waals surface area contributed by atoms with Gasteiger partial charge < -0.3 is 5.73 Å². The molecule has 0 unspecified atom stereocenters. The second-order valence-corrected chi connectivity index (χ2v) is 4.34. The standard InChI is InChI=1S/C15H14N4/c1-11-14(12-7-9-17-10-8-12)18-19(15(11)16)13-5-3-2-4-6-13/h2-10H,16H2,1H3. The number of aromatic nitrogens is 3. The minimum atomic E-state index is 0.665. The quantitative estimate of drug-likeness (QED) is 0.760. The lowest BCUT2D eigenvalue weighted by Gasteiger charge is -2.02. The Morgan fingerprint density at radius 1 is 1.00 bits per heavy atom. The molecule has 19 heavy (non-hydrogen) atoms. The Bertz CT molecular complexity index is 627. The van der Waals surface area contributed by atoms with Crippen LogP contribution in [0.15, 0.2) is 54.9 Å².